The number of anilines is 1. The number of nitrogens with one attached hydrogen (secondary N) is 1. The third kappa shape index (κ3) is 5.75. The number of likely N-dealkylation sites (tertiary alicyclic amines) is 1. The van der Waals surface area contributed by atoms with Gasteiger partial charge < -0.3 is 29.7 Å². The van der Waals surface area contributed by atoms with Gasteiger partial charge in [0.1, 0.15) is 23.7 Å². The van der Waals surface area contributed by atoms with Gasteiger partial charge in [0.05, 0.1) is 30.7 Å². The molecule has 0 bridgehead atoms. The van der Waals surface area contributed by atoms with Crippen molar-refractivity contribution in [3.63, 3.8) is 0 Å². The number of fused-ring (bicyclic) bond motifs is 2. The number of rotatable bonds is 5. The van der Waals surface area contributed by atoms with Gasteiger partial charge in [-0.15, -0.1) is 0 Å². The fraction of sp³-hybridized carbons (Fsp3) is 0.474. The minimum absolute atomic E-state index is 0.178. The predicted octanol–water partition coefficient (Wildman–Crippen LogP) is 3.94. The zero-order chi connectivity index (χ0) is 34.3. The average molecular weight is 656 g/mol. The summed E-state index contributed by atoms with van der Waals surface area (Å²) in [6, 6.07) is 12.7. The highest BCUT2D eigenvalue weighted by Gasteiger charge is 2.72. The maximum atomic E-state index is 14.9. The molecular formula is C38H45N3O7. The molecule has 8 atom stereocenters. The maximum absolute atomic E-state index is 14.9. The van der Waals surface area contributed by atoms with Crippen molar-refractivity contribution in [1.82, 2.24) is 10.2 Å². The van der Waals surface area contributed by atoms with Crippen molar-refractivity contribution >= 4 is 29.4 Å². The number of nitrogens with zero attached hydrogens (tertiary/aromatic N) is 2. The fourth-order valence-electron chi connectivity index (χ4n) is 7.85. The van der Waals surface area contributed by atoms with Gasteiger partial charge in [-0.2, -0.15) is 0 Å². The lowest BCUT2D eigenvalue weighted by Gasteiger charge is -2.40. The zero-order valence-corrected chi connectivity index (χ0v) is 28.2. The Morgan fingerprint density at radius 2 is 1.77 bits per heavy atom. The van der Waals surface area contributed by atoms with E-state index in [1.54, 1.807) is 30.1 Å². The first-order valence-corrected chi connectivity index (χ1v) is 16.9. The molecule has 6 rings (SSSR count). The van der Waals surface area contributed by atoms with Crippen LogP contribution >= 0.6 is 0 Å². The van der Waals surface area contributed by atoms with Crippen LogP contribution < -0.4 is 10.2 Å². The Morgan fingerprint density at radius 1 is 1.02 bits per heavy atom. The summed E-state index contributed by atoms with van der Waals surface area (Å²) in [4.78, 5) is 60.2. The first-order chi connectivity index (χ1) is 23.0. The summed E-state index contributed by atoms with van der Waals surface area (Å²) >= 11 is 0. The van der Waals surface area contributed by atoms with E-state index in [-0.39, 0.29) is 37.3 Å². The normalized spacial score (nSPS) is 32.0. The molecule has 10 heteroatoms. The maximum Gasteiger partial charge on any atom is 0.313 e. The van der Waals surface area contributed by atoms with Crippen molar-refractivity contribution in [1.29, 1.82) is 0 Å². The highest BCUT2D eigenvalue weighted by molar-refractivity contribution is 6.06. The Morgan fingerprint density at radius 3 is 2.48 bits per heavy atom. The largest absolute Gasteiger partial charge is 0.455 e. The molecule has 0 aromatic heterocycles. The number of amides is 3. The number of hydrogen-bond donors (Lipinski definition) is 2. The molecule has 10 nitrogen and oxygen atoms in total. The van der Waals surface area contributed by atoms with Crippen LogP contribution in [0.1, 0.15) is 56.4 Å². The van der Waals surface area contributed by atoms with Crippen molar-refractivity contribution in [3.8, 4) is 0 Å². The Kier molecular flexibility index (Phi) is 9.33. The molecule has 2 N–H and O–H groups in total. The monoisotopic (exact) mass is 655 g/mol. The van der Waals surface area contributed by atoms with Crippen LogP contribution in [0.5, 0.6) is 0 Å². The third-order valence-corrected chi connectivity index (χ3v) is 10.3. The Labute approximate surface area is 281 Å². The van der Waals surface area contributed by atoms with E-state index in [1.807, 2.05) is 82.3 Å². The van der Waals surface area contributed by atoms with Gasteiger partial charge in [-0.05, 0) is 55.9 Å². The number of benzene rings is 2. The van der Waals surface area contributed by atoms with Gasteiger partial charge in [0, 0.05) is 18.7 Å². The molecule has 2 aromatic rings. The highest BCUT2D eigenvalue weighted by Crippen LogP contribution is 2.54. The lowest BCUT2D eigenvalue weighted by molar-refractivity contribution is -0.162. The molecule has 48 heavy (non-hydrogen) atoms. The van der Waals surface area contributed by atoms with Gasteiger partial charge in [-0.3, -0.25) is 19.2 Å². The number of esters is 1. The summed E-state index contributed by atoms with van der Waals surface area (Å²) in [6.45, 7) is 9.34. The number of carbonyl (C=O) groups is 4. The van der Waals surface area contributed by atoms with E-state index in [0.29, 0.717) is 12.0 Å². The first kappa shape index (κ1) is 33.6. The summed E-state index contributed by atoms with van der Waals surface area (Å²) in [5, 5.41) is 13.6. The van der Waals surface area contributed by atoms with E-state index in [1.165, 1.54) is 4.90 Å². The zero-order valence-electron chi connectivity index (χ0n) is 28.2. The van der Waals surface area contributed by atoms with Crippen LogP contribution in [0.2, 0.25) is 0 Å². The molecule has 0 radical (unpaired) electrons. The van der Waals surface area contributed by atoms with Crippen molar-refractivity contribution in [2.45, 2.75) is 83.4 Å². The summed E-state index contributed by atoms with van der Waals surface area (Å²) in [5.41, 5.74) is 1.80. The van der Waals surface area contributed by atoms with Crippen molar-refractivity contribution in [2.24, 2.45) is 17.8 Å². The van der Waals surface area contributed by atoms with Crippen LogP contribution in [-0.4, -0.2) is 76.7 Å². The number of aliphatic hydroxyl groups is 1. The van der Waals surface area contributed by atoms with Crippen LogP contribution in [0, 0.1) is 31.6 Å². The van der Waals surface area contributed by atoms with Crippen LogP contribution in [0.4, 0.5) is 5.69 Å². The topological polar surface area (TPSA) is 125 Å². The molecule has 4 heterocycles. The first-order valence-electron chi connectivity index (χ1n) is 16.9. The molecule has 4 aliphatic rings. The minimum Gasteiger partial charge on any atom is -0.455 e. The number of aliphatic hydroxyl groups excluding tert-OH is 1. The minimum atomic E-state index is -1.51. The average Bonchev–Trinajstić information content (AvgIpc) is 3.44. The van der Waals surface area contributed by atoms with E-state index in [9.17, 15) is 24.3 Å². The summed E-state index contributed by atoms with van der Waals surface area (Å²) in [7, 11) is 0. The second-order valence-electron chi connectivity index (χ2n) is 13.8. The number of aryl methyl sites for hydroxylation is 2. The fourth-order valence-corrected chi connectivity index (χ4v) is 7.85. The van der Waals surface area contributed by atoms with E-state index < -0.39 is 59.6 Å². The molecule has 2 saturated heterocycles. The molecule has 254 valence electrons. The Balaban J connectivity index is 1.49. The second kappa shape index (κ2) is 13.3. The van der Waals surface area contributed by atoms with Gasteiger partial charge in [0.25, 0.3) is 5.91 Å². The lowest BCUT2D eigenvalue weighted by Crippen LogP contribution is -2.59. The van der Waals surface area contributed by atoms with Crippen molar-refractivity contribution < 1.29 is 33.8 Å². The molecule has 2 aromatic carbocycles. The Hall–Kier alpha value is -4.28. The molecular weight excluding hydrogens is 610 g/mol. The molecule has 4 aliphatic heterocycles. The van der Waals surface area contributed by atoms with E-state index >= 15 is 0 Å². The molecule has 0 aliphatic carbocycles. The van der Waals surface area contributed by atoms with Crippen molar-refractivity contribution in [2.75, 3.05) is 18.1 Å². The lowest BCUT2D eigenvalue weighted by atomic mass is 9.77. The number of carbonyl (C=O) groups excluding carboxylic acids is 4. The molecule has 3 amide bonds. The smallest absolute Gasteiger partial charge is 0.313 e. The summed E-state index contributed by atoms with van der Waals surface area (Å²) < 4.78 is 13.1. The predicted molar refractivity (Wildman–Crippen MR) is 180 cm³/mol. The standard InChI is InChI=1S/C38H45N3O7/c1-22(2)28(21-42)41-34-36(45)40(27-20-23(3)16-17-24(27)4)19-11-18-38(34)32(35(41)44)31-29(48-38)14-9-10-15-30(43)39-25(5)33(47-37(31)46)26-12-7-6-8-13-26/h6-9,11-14,16-18,20,22,25,28-29,31-34,42H,10,15,19,21H2,1-5H3,(H,39,43)/b14-9-/t25-,28-,29-,31+,32+,33+,34-,38+/m0/s1. The van der Waals surface area contributed by atoms with Gasteiger partial charge in [0.2, 0.25) is 11.8 Å². The number of hydrogen-bond acceptors (Lipinski definition) is 7. The van der Waals surface area contributed by atoms with E-state index in [0.717, 1.165) is 16.8 Å². The second-order valence-corrected chi connectivity index (χ2v) is 13.8. The van der Waals surface area contributed by atoms with Gasteiger partial charge in [-0.25, -0.2) is 0 Å². The molecule has 2 fully saturated rings. The molecule has 0 unspecified atom stereocenters. The van der Waals surface area contributed by atoms with Gasteiger partial charge >= 0.3 is 5.97 Å². The highest BCUT2D eigenvalue weighted by atomic mass is 16.6. The van der Waals surface area contributed by atoms with Crippen LogP contribution in [0.3, 0.4) is 0 Å². The number of cyclic esters (lactones) is 1. The Bertz CT molecular complexity index is 1640. The quantitative estimate of drug-likeness (QED) is 0.369. The van der Waals surface area contributed by atoms with Crippen LogP contribution in [-0.2, 0) is 28.7 Å². The third-order valence-electron chi connectivity index (χ3n) is 10.3. The number of allylic oxidation sites excluding steroid dienone is 1. The SMILES string of the molecule is Cc1ccc(C)c(N2CC=C[C@@]34O[C@H]5/C=C\CCC(=O)N[C@@H](C)[C@H](c6ccccc6)OC(=O)[C@H]5[C@@H]3C(=O)N([C@@H](CO)C(C)C)[C@H]4C2=O)c1. The molecule has 1 spiro atoms. The van der Waals surface area contributed by atoms with Gasteiger partial charge in [0.15, 0.2) is 0 Å². The summed E-state index contributed by atoms with van der Waals surface area (Å²) in [5.74, 6) is -4.00. The van der Waals surface area contributed by atoms with Crippen LogP contribution in [0.15, 0.2) is 72.8 Å². The number of ether oxygens (including phenoxy) is 2. The van der Waals surface area contributed by atoms with Gasteiger partial charge in [-0.1, -0.05) is 80.6 Å². The molecule has 0 saturated carbocycles. The van der Waals surface area contributed by atoms with E-state index in [2.05, 4.69) is 5.32 Å². The summed E-state index contributed by atoms with van der Waals surface area (Å²) in [6.07, 6.45) is 6.01. The van der Waals surface area contributed by atoms with E-state index in [4.69, 9.17) is 9.47 Å². The van der Waals surface area contributed by atoms with Crippen LogP contribution in [0.25, 0.3) is 0 Å². The van der Waals surface area contributed by atoms with Crippen molar-refractivity contribution in [3.05, 3.63) is 89.5 Å².